The standard InChI is InChI=1S/C16H25N3/c1-12-10-18-9-3-4-16(18)11-19(12)15-7-5-14(6-8-15)13(2)17/h5-8,12-13,16H,3-4,9-11,17H2,1-2H3. The van der Waals surface area contributed by atoms with Crippen molar-refractivity contribution in [3.05, 3.63) is 29.8 Å². The number of hydrogen-bond donors (Lipinski definition) is 1. The van der Waals surface area contributed by atoms with Crippen LogP contribution in [0.5, 0.6) is 0 Å². The van der Waals surface area contributed by atoms with Crippen LogP contribution in [0.3, 0.4) is 0 Å². The van der Waals surface area contributed by atoms with Crippen molar-refractivity contribution in [1.29, 1.82) is 0 Å². The molecular weight excluding hydrogens is 234 g/mol. The van der Waals surface area contributed by atoms with Crippen LogP contribution in [0.25, 0.3) is 0 Å². The molecule has 2 saturated heterocycles. The van der Waals surface area contributed by atoms with E-state index < -0.39 is 0 Å². The van der Waals surface area contributed by atoms with E-state index in [1.165, 1.54) is 43.7 Å². The molecule has 1 aromatic carbocycles. The van der Waals surface area contributed by atoms with E-state index in [2.05, 4.69) is 41.0 Å². The van der Waals surface area contributed by atoms with Crippen LogP contribution in [0.2, 0.25) is 0 Å². The fourth-order valence-corrected chi connectivity index (χ4v) is 3.52. The summed E-state index contributed by atoms with van der Waals surface area (Å²) in [5, 5.41) is 0. The highest BCUT2D eigenvalue weighted by molar-refractivity contribution is 5.49. The zero-order valence-electron chi connectivity index (χ0n) is 12.0. The second kappa shape index (κ2) is 5.14. The molecule has 19 heavy (non-hydrogen) atoms. The van der Waals surface area contributed by atoms with E-state index in [9.17, 15) is 0 Å². The SMILES string of the molecule is CC(N)c1ccc(N2CC3CCCN3CC2C)cc1. The predicted octanol–water partition coefficient (Wildman–Crippen LogP) is 2.38. The number of rotatable bonds is 2. The third kappa shape index (κ3) is 2.49. The van der Waals surface area contributed by atoms with Gasteiger partial charge in [-0.3, -0.25) is 4.90 Å². The molecule has 0 aliphatic carbocycles. The molecule has 3 rings (SSSR count). The second-order valence-electron chi connectivity index (χ2n) is 6.17. The van der Waals surface area contributed by atoms with Gasteiger partial charge in [-0.1, -0.05) is 12.1 Å². The molecule has 0 saturated carbocycles. The highest BCUT2D eigenvalue weighted by Gasteiger charge is 2.34. The van der Waals surface area contributed by atoms with Crippen molar-refractivity contribution in [1.82, 2.24) is 4.90 Å². The Hall–Kier alpha value is -1.06. The summed E-state index contributed by atoms with van der Waals surface area (Å²) in [5.41, 5.74) is 8.49. The van der Waals surface area contributed by atoms with Crippen molar-refractivity contribution in [2.24, 2.45) is 5.73 Å². The molecule has 0 aromatic heterocycles. The van der Waals surface area contributed by atoms with Crippen molar-refractivity contribution in [2.45, 2.75) is 44.8 Å². The highest BCUT2D eigenvalue weighted by atomic mass is 15.3. The van der Waals surface area contributed by atoms with Gasteiger partial charge in [0.1, 0.15) is 0 Å². The maximum atomic E-state index is 5.92. The van der Waals surface area contributed by atoms with Gasteiger partial charge in [-0.25, -0.2) is 0 Å². The number of hydrogen-bond acceptors (Lipinski definition) is 3. The maximum absolute atomic E-state index is 5.92. The van der Waals surface area contributed by atoms with E-state index in [1.54, 1.807) is 0 Å². The number of piperazine rings is 1. The van der Waals surface area contributed by atoms with E-state index in [0.717, 1.165) is 6.04 Å². The largest absolute Gasteiger partial charge is 0.366 e. The molecule has 3 atom stereocenters. The third-order valence-electron chi connectivity index (χ3n) is 4.69. The molecule has 0 bridgehead atoms. The van der Waals surface area contributed by atoms with E-state index >= 15 is 0 Å². The monoisotopic (exact) mass is 259 g/mol. The Morgan fingerprint density at radius 3 is 2.63 bits per heavy atom. The molecular formula is C16H25N3. The first-order valence-corrected chi connectivity index (χ1v) is 7.51. The minimum Gasteiger partial charge on any atom is -0.366 e. The molecule has 2 N–H and O–H groups in total. The van der Waals surface area contributed by atoms with Crippen LogP contribution in [0.1, 0.15) is 38.3 Å². The van der Waals surface area contributed by atoms with Gasteiger partial charge in [-0.15, -0.1) is 0 Å². The molecule has 3 nitrogen and oxygen atoms in total. The normalized spacial score (nSPS) is 29.3. The lowest BCUT2D eigenvalue weighted by atomic mass is 10.0. The van der Waals surface area contributed by atoms with Crippen LogP contribution in [0.15, 0.2) is 24.3 Å². The molecule has 104 valence electrons. The topological polar surface area (TPSA) is 32.5 Å². The molecule has 0 spiro atoms. The Morgan fingerprint density at radius 2 is 1.95 bits per heavy atom. The summed E-state index contributed by atoms with van der Waals surface area (Å²) in [6.07, 6.45) is 2.73. The first-order valence-electron chi connectivity index (χ1n) is 7.51. The molecule has 1 aromatic rings. The number of nitrogens with zero attached hydrogens (tertiary/aromatic N) is 2. The molecule has 3 unspecified atom stereocenters. The van der Waals surface area contributed by atoms with Crippen molar-refractivity contribution in [3.63, 3.8) is 0 Å². The lowest BCUT2D eigenvalue weighted by molar-refractivity contribution is 0.203. The Kier molecular flexibility index (Phi) is 3.50. The van der Waals surface area contributed by atoms with Crippen LogP contribution in [0.4, 0.5) is 5.69 Å². The number of fused-ring (bicyclic) bond motifs is 1. The van der Waals surface area contributed by atoms with E-state index in [4.69, 9.17) is 5.73 Å². The van der Waals surface area contributed by atoms with Gasteiger partial charge in [0, 0.05) is 36.9 Å². The zero-order valence-corrected chi connectivity index (χ0v) is 12.0. The van der Waals surface area contributed by atoms with Crippen molar-refractivity contribution in [2.75, 3.05) is 24.5 Å². The quantitative estimate of drug-likeness (QED) is 0.885. The Labute approximate surface area is 116 Å². The zero-order chi connectivity index (χ0) is 13.4. The average molecular weight is 259 g/mol. The van der Waals surface area contributed by atoms with Crippen molar-refractivity contribution < 1.29 is 0 Å². The molecule has 3 heteroatoms. The molecule has 2 fully saturated rings. The minimum atomic E-state index is 0.123. The second-order valence-corrected chi connectivity index (χ2v) is 6.17. The predicted molar refractivity (Wildman–Crippen MR) is 80.4 cm³/mol. The van der Waals surface area contributed by atoms with E-state index in [1.807, 2.05) is 6.92 Å². The van der Waals surface area contributed by atoms with Gasteiger partial charge < -0.3 is 10.6 Å². The van der Waals surface area contributed by atoms with Crippen LogP contribution in [-0.2, 0) is 0 Å². The molecule has 2 aliphatic rings. The van der Waals surface area contributed by atoms with Gasteiger partial charge in [0.2, 0.25) is 0 Å². The summed E-state index contributed by atoms with van der Waals surface area (Å²) in [5.74, 6) is 0. The first kappa shape index (κ1) is 12.9. The Bertz CT molecular complexity index is 426. The minimum absolute atomic E-state index is 0.123. The van der Waals surface area contributed by atoms with E-state index in [0.29, 0.717) is 6.04 Å². The summed E-state index contributed by atoms with van der Waals surface area (Å²) >= 11 is 0. The number of nitrogens with two attached hydrogens (primary N) is 1. The first-order chi connectivity index (χ1) is 9.15. The summed E-state index contributed by atoms with van der Waals surface area (Å²) in [4.78, 5) is 5.23. The summed E-state index contributed by atoms with van der Waals surface area (Å²) in [6, 6.07) is 10.3. The van der Waals surface area contributed by atoms with Crippen LogP contribution >= 0.6 is 0 Å². The smallest absolute Gasteiger partial charge is 0.0389 e. The number of benzene rings is 1. The fourth-order valence-electron chi connectivity index (χ4n) is 3.52. The van der Waals surface area contributed by atoms with Gasteiger partial charge in [0.25, 0.3) is 0 Å². The van der Waals surface area contributed by atoms with Gasteiger partial charge in [-0.2, -0.15) is 0 Å². The van der Waals surface area contributed by atoms with Gasteiger partial charge in [-0.05, 0) is 50.9 Å². The maximum Gasteiger partial charge on any atom is 0.0389 e. The van der Waals surface area contributed by atoms with Gasteiger partial charge in [0.05, 0.1) is 0 Å². The molecule has 0 amide bonds. The van der Waals surface area contributed by atoms with E-state index in [-0.39, 0.29) is 6.04 Å². The lowest BCUT2D eigenvalue weighted by Gasteiger charge is -2.43. The fraction of sp³-hybridized carbons (Fsp3) is 0.625. The van der Waals surface area contributed by atoms with Gasteiger partial charge >= 0.3 is 0 Å². The lowest BCUT2D eigenvalue weighted by Crippen LogP contribution is -2.55. The molecule has 2 heterocycles. The summed E-state index contributed by atoms with van der Waals surface area (Å²) in [6.45, 7) is 8.06. The molecule has 2 aliphatic heterocycles. The molecule has 0 radical (unpaired) electrons. The Balaban J connectivity index is 1.77. The van der Waals surface area contributed by atoms with Crippen LogP contribution < -0.4 is 10.6 Å². The Morgan fingerprint density at radius 1 is 1.21 bits per heavy atom. The van der Waals surface area contributed by atoms with Crippen LogP contribution in [-0.4, -0.2) is 36.6 Å². The summed E-state index contributed by atoms with van der Waals surface area (Å²) < 4.78 is 0. The average Bonchev–Trinajstić information content (AvgIpc) is 2.85. The summed E-state index contributed by atoms with van der Waals surface area (Å²) in [7, 11) is 0. The number of anilines is 1. The van der Waals surface area contributed by atoms with Crippen molar-refractivity contribution in [3.8, 4) is 0 Å². The van der Waals surface area contributed by atoms with Crippen LogP contribution in [0, 0.1) is 0 Å². The highest BCUT2D eigenvalue weighted by Crippen LogP contribution is 2.29. The third-order valence-corrected chi connectivity index (χ3v) is 4.69. The van der Waals surface area contributed by atoms with Crippen molar-refractivity contribution >= 4 is 5.69 Å². The van der Waals surface area contributed by atoms with Gasteiger partial charge in [0.15, 0.2) is 0 Å².